The van der Waals surface area contributed by atoms with Gasteiger partial charge in [-0.1, -0.05) is 84.0 Å². The molecule has 1 aliphatic carbocycles. The number of likely N-dealkylation sites (tertiary alicyclic amines) is 1. The molecule has 0 radical (unpaired) electrons. The van der Waals surface area contributed by atoms with Gasteiger partial charge >= 0.3 is 0 Å². The van der Waals surface area contributed by atoms with Gasteiger partial charge in [-0.3, -0.25) is 19.2 Å². The SMILES string of the molecule is CNCC(=O)NC(C(=O)N1Cc2cc(C3CC(C(=O)N[C@@H]4CCCc5ccccc54)N(C(=O)[C@@H](NC)C(C)(C)C)C3)ccc2CC1C)C(C)(C)C. The van der Waals surface area contributed by atoms with Crippen LogP contribution in [0.5, 0.6) is 0 Å². The Hall–Kier alpha value is -3.76. The van der Waals surface area contributed by atoms with E-state index in [1.54, 1.807) is 11.9 Å². The first kappa shape index (κ1) is 38.5. The van der Waals surface area contributed by atoms with Gasteiger partial charge in [0.2, 0.25) is 23.6 Å². The number of fused-ring (bicyclic) bond motifs is 2. The van der Waals surface area contributed by atoms with Crippen LogP contribution in [0.4, 0.5) is 0 Å². The summed E-state index contributed by atoms with van der Waals surface area (Å²) in [6.45, 7) is 15.1. The van der Waals surface area contributed by atoms with E-state index in [0.717, 1.165) is 30.4 Å². The predicted molar refractivity (Wildman–Crippen MR) is 201 cm³/mol. The Morgan fingerprint density at radius 3 is 2.22 bits per heavy atom. The van der Waals surface area contributed by atoms with Crippen LogP contribution in [0.2, 0.25) is 0 Å². The zero-order valence-electron chi connectivity index (χ0n) is 32.2. The molecular formula is C41H60N6O4. The van der Waals surface area contributed by atoms with Crippen LogP contribution in [0.15, 0.2) is 42.5 Å². The standard InChI is InChI=1S/C41H60N6O4/c1-25-19-27-17-18-28(20-29(27)23-46(25)39(51)36(41(5,6)7)45-34(48)22-42-8)30-21-33(47(24-30)38(50)35(43-9)40(2,3)4)37(49)44-32-16-12-14-26-13-10-11-15-31(26)32/h10-11,13,15,17-18,20,25,30,32-33,35-36,42-43H,12,14,16,19,21-24H2,1-9H3,(H,44,49)(H,45,48)/t25?,30?,32-,33?,35-,36?/m1/s1. The fourth-order valence-electron chi connectivity index (χ4n) is 8.33. The number of carbonyl (C=O) groups is 4. The fraction of sp³-hybridized carbons (Fsp3) is 0.610. The Kier molecular flexibility index (Phi) is 11.7. The van der Waals surface area contributed by atoms with Gasteiger partial charge in [-0.2, -0.15) is 0 Å². The number of likely N-dealkylation sites (N-methyl/N-ethyl adjacent to an activating group) is 2. The Morgan fingerprint density at radius 1 is 0.863 bits per heavy atom. The lowest BCUT2D eigenvalue weighted by Crippen LogP contribution is -2.58. The normalized spacial score (nSPS) is 23.2. The van der Waals surface area contributed by atoms with E-state index < -0.39 is 23.5 Å². The van der Waals surface area contributed by atoms with Crippen molar-refractivity contribution >= 4 is 23.6 Å². The van der Waals surface area contributed by atoms with Crippen LogP contribution < -0.4 is 21.3 Å². The second-order valence-electron chi connectivity index (χ2n) is 17.1. The molecule has 278 valence electrons. The number of amides is 4. The van der Waals surface area contributed by atoms with E-state index in [2.05, 4.69) is 64.6 Å². The van der Waals surface area contributed by atoms with Crippen molar-refractivity contribution in [1.82, 2.24) is 31.1 Å². The van der Waals surface area contributed by atoms with Crippen molar-refractivity contribution in [2.45, 2.75) is 123 Å². The number of rotatable bonds is 9. The first-order valence-electron chi connectivity index (χ1n) is 18.8. The van der Waals surface area contributed by atoms with Crippen molar-refractivity contribution in [3.63, 3.8) is 0 Å². The third-order valence-corrected chi connectivity index (χ3v) is 11.1. The summed E-state index contributed by atoms with van der Waals surface area (Å²) >= 11 is 0. The molecule has 4 unspecified atom stereocenters. The molecule has 2 aliphatic heterocycles. The predicted octanol–water partition coefficient (Wildman–Crippen LogP) is 4.22. The minimum atomic E-state index is -0.668. The third kappa shape index (κ3) is 8.49. The first-order chi connectivity index (χ1) is 24.0. The summed E-state index contributed by atoms with van der Waals surface area (Å²) in [5.41, 5.74) is 4.96. The van der Waals surface area contributed by atoms with Crippen LogP contribution in [0.3, 0.4) is 0 Å². The van der Waals surface area contributed by atoms with Gasteiger partial charge in [0.15, 0.2) is 0 Å². The summed E-state index contributed by atoms with van der Waals surface area (Å²) in [4.78, 5) is 58.9. The Bertz CT molecular complexity index is 1610. The van der Waals surface area contributed by atoms with Gasteiger partial charge in [-0.25, -0.2) is 0 Å². The minimum absolute atomic E-state index is 0.0321. The monoisotopic (exact) mass is 700 g/mol. The lowest BCUT2D eigenvalue weighted by molar-refractivity contribution is -0.142. The van der Waals surface area contributed by atoms with Crippen molar-refractivity contribution < 1.29 is 19.2 Å². The average Bonchev–Trinajstić information content (AvgIpc) is 3.52. The molecule has 0 saturated carbocycles. The molecule has 4 N–H and O–H groups in total. The first-order valence-corrected chi connectivity index (χ1v) is 18.8. The number of aryl methyl sites for hydroxylation is 1. The molecule has 2 heterocycles. The number of hydrogen-bond acceptors (Lipinski definition) is 6. The summed E-state index contributed by atoms with van der Waals surface area (Å²) < 4.78 is 0. The molecule has 3 aliphatic rings. The second kappa shape index (κ2) is 15.5. The lowest BCUT2D eigenvalue weighted by Gasteiger charge is -2.40. The third-order valence-electron chi connectivity index (χ3n) is 11.1. The van der Waals surface area contributed by atoms with E-state index in [-0.39, 0.29) is 53.6 Å². The Balaban J connectivity index is 1.41. The zero-order chi connectivity index (χ0) is 37.2. The summed E-state index contributed by atoms with van der Waals surface area (Å²) in [5, 5.41) is 12.4. The molecule has 51 heavy (non-hydrogen) atoms. The quantitative estimate of drug-likeness (QED) is 0.311. The van der Waals surface area contributed by atoms with Crippen LogP contribution in [-0.2, 0) is 38.6 Å². The van der Waals surface area contributed by atoms with E-state index in [1.165, 1.54) is 16.7 Å². The van der Waals surface area contributed by atoms with Gasteiger partial charge in [-0.15, -0.1) is 0 Å². The highest BCUT2D eigenvalue weighted by atomic mass is 16.2. The van der Waals surface area contributed by atoms with E-state index >= 15 is 0 Å². The zero-order valence-corrected chi connectivity index (χ0v) is 32.2. The van der Waals surface area contributed by atoms with E-state index in [1.807, 2.05) is 59.6 Å². The summed E-state index contributed by atoms with van der Waals surface area (Å²) in [7, 11) is 3.52. The van der Waals surface area contributed by atoms with Crippen molar-refractivity contribution in [2.75, 3.05) is 27.2 Å². The van der Waals surface area contributed by atoms with Gasteiger partial charge in [-0.05, 0) is 91.8 Å². The highest BCUT2D eigenvalue weighted by Gasteiger charge is 2.45. The maximum atomic E-state index is 14.3. The summed E-state index contributed by atoms with van der Waals surface area (Å²) in [6, 6.07) is 13.0. The van der Waals surface area contributed by atoms with E-state index in [9.17, 15) is 19.2 Å². The summed E-state index contributed by atoms with van der Waals surface area (Å²) in [6.07, 6.45) is 4.13. The van der Waals surface area contributed by atoms with Crippen LogP contribution >= 0.6 is 0 Å². The second-order valence-corrected chi connectivity index (χ2v) is 17.1. The van der Waals surface area contributed by atoms with Gasteiger partial charge in [0, 0.05) is 25.0 Å². The van der Waals surface area contributed by atoms with Crippen LogP contribution in [0, 0.1) is 10.8 Å². The largest absolute Gasteiger partial charge is 0.347 e. The van der Waals surface area contributed by atoms with Gasteiger partial charge < -0.3 is 31.1 Å². The number of nitrogens with zero attached hydrogens (tertiary/aromatic N) is 2. The number of benzene rings is 2. The highest BCUT2D eigenvalue weighted by molar-refractivity contribution is 5.91. The number of nitrogens with one attached hydrogen (secondary N) is 4. The molecule has 4 amide bonds. The van der Waals surface area contributed by atoms with Crippen LogP contribution in [0.1, 0.15) is 108 Å². The number of carbonyl (C=O) groups excluding carboxylic acids is 4. The molecule has 10 nitrogen and oxygen atoms in total. The van der Waals surface area contributed by atoms with Crippen molar-refractivity contribution in [1.29, 1.82) is 0 Å². The summed E-state index contributed by atoms with van der Waals surface area (Å²) in [5.74, 6) is -0.508. The molecule has 0 spiro atoms. The van der Waals surface area contributed by atoms with Gasteiger partial charge in [0.05, 0.1) is 18.6 Å². The molecule has 1 saturated heterocycles. The highest BCUT2D eigenvalue weighted by Crippen LogP contribution is 2.38. The number of hydrogen-bond donors (Lipinski definition) is 4. The minimum Gasteiger partial charge on any atom is -0.347 e. The van der Waals surface area contributed by atoms with Gasteiger partial charge in [0.25, 0.3) is 0 Å². The molecule has 2 aromatic rings. The maximum absolute atomic E-state index is 14.3. The Labute approximate surface area is 304 Å². The molecule has 0 aromatic heterocycles. The smallest absolute Gasteiger partial charge is 0.246 e. The topological polar surface area (TPSA) is 123 Å². The molecule has 5 rings (SSSR count). The fourth-order valence-corrected chi connectivity index (χ4v) is 8.33. The lowest BCUT2D eigenvalue weighted by atomic mass is 9.84. The molecular weight excluding hydrogens is 640 g/mol. The van der Waals surface area contributed by atoms with E-state index in [0.29, 0.717) is 25.9 Å². The molecule has 10 heteroatoms. The van der Waals surface area contributed by atoms with E-state index in [4.69, 9.17) is 0 Å². The van der Waals surface area contributed by atoms with Crippen molar-refractivity contribution in [3.05, 3.63) is 70.3 Å². The van der Waals surface area contributed by atoms with Crippen molar-refractivity contribution in [2.24, 2.45) is 10.8 Å². The molecule has 2 aromatic carbocycles. The van der Waals surface area contributed by atoms with Gasteiger partial charge in [0.1, 0.15) is 12.1 Å². The molecule has 0 bridgehead atoms. The van der Waals surface area contributed by atoms with Crippen LogP contribution in [-0.4, -0.2) is 84.8 Å². The van der Waals surface area contributed by atoms with Crippen molar-refractivity contribution in [3.8, 4) is 0 Å². The Morgan fingerprint density at radius 2 is 1.55 bits per heavy atom. The van der Waals surface area contributed by atoms with Crippen LogP contribution in [0.25, 0.3) is 0 Å². The molecule has 6 atom stereocenters. The maximum Gasteiger partial charge on any atom is 0.246 e. The average molecular weight is 701 g/mol. The molecule has 1 fully saturated rings.